The Morgan fingerprint density at radius 2 is 1.84 bits per heavy atom. The molecule has 11 nitrogen and oxygen atoms in total. The molecule has 0 aliphatic heterocycles. The molecule has 44 heavy (non-hydrogen) atoms. The number of nitrogens with one attached hydrogen (secondary N) is 3. The Bertz CT molecular complexity index is 1600. The Morgan fingerprint density at radius 3 is 2.45 bits per heavy atom. The Balaban J connectivity index is 1.55. The first-order valence-electron chi connectivity index (χ1n) is 14.4. The summed E-state index contributed by atoms with van der Waals surface area (Å²) in [6.07, 6.45) is 5.21. The van der Waals surface area contributed by atoms with Crippen molar-refractivity contribution < 1.29 is 27.5 Å². The summed E-state index contributed by atoms with van der Waals surface area (Å²) in [5.74, 6) is -0.400. The van der Waals surface area contributed by atoms with E-state index in [-0.39, 0.29) is 40.8 Å². The molecule has 3 aromatic rings. The van der Waals surface area contributed by atoms with E-state index in [2.05, 4.69) is 25.3 Å². The molecule has 3 amide bonds. The molecule has 0 radical (unpaired) electrons. The molecule has 4 rings (SSSR count). The van der Waals surface area contributed by atoms with Gasteiger partial charge in [0.2, 0.25) is 10.0 Å². The minimum Gasteiger partial charge on any atom is -0.465 e. The van der Waals surface area contributed by atoms with E-state index in [1.807, 2.05) is 13.8 Å². The van der Waals surface area contributed by atoms with Crippen LogP contribution in [0.3, 0.4) is 0 Å². The maximum absolute atomic E-state index is 13.9. The van der Waals surface area contributed by atoms with Crippen LogP contribution in [0.25, 0.3) is 10.4 Å². The summed E-state index contributed by atoms with van der Waals surface area (Å²) in [4.78, 5) is 35.0. The molecule has 0 atom stereocenters. The predicted molar refractivity (Wildman–Crippen MR) is 168 cm³/mol. The van der Waals surface area contributed by atoms with Crippen LogP contribution in [-0.4, -0.2) is 58.1 Å². The Kier molecular flexibility index (Phi) is 10.3. The van der Waals surface area contributed by atoms with Gasteiger partial charge in [0.1, 0.15) is 5.82 Å². The van der Waals surface area contributed by atoms with Gasteiger partial charge in [0.25, 0.3) is 0 Å². The molecule has 2 heterocycles. The number of thiazole rings is 1. The van der Waals surface area contributed by atoms with Crippen molar-refractivity contribution in [3.63, 3.8) is 0 Å². The first-order valence-corrected chi connectivity index (χ1v) is 16.7. The van der Waals surface area contributed by atoms with Crippen LogP contribution < -0.4 is 15.4 Å². The number of urea groups is 1. The van der Waals surface area contributed by atoms with Gasteiger partial charge in [0.05, 0.1) is 27.0 Å². The summed E-state index contributed by atoms with van der Waals surface area (Å²) in [5, 5.41) is 15.7. The van der Waals surface area contributed by atoms with Crippen LogP contribution in [0.15, 0.2) is 47.6 Å². The van der Waals surface area contributed by atoms with Crippen LogP contribution in [-0.2, 0) is 16.6 Å². The van der Waals surface area contributed by atoms with E-state index in [1.165, 1.54) is 40.6 Å². The second-order valence-corrected chi connectivity index (χ2v) is 14.9. The normalized spacial score (nSPS) is 17.3. The van der Waals surface area contributed by atoms with Crippen LogP contribution >= 0.6 is 11.3 Å². The minimum absolute atomic E-state index is 0.0195. The quantitative estimate of drug-likeness (QED) is 0.217. The number of carbonyl (C=O) groups is 2. The van der Waals surface area contributed by atoms with Crippen molar-refractivity contribution in [2.45, 2.75) is 95.3 Å². The lowest BCUT2D eigenvalue weighted by Gasteiger charge is -2.37. The highest BCUT2D eigenvalue weighted by Crippen LogP contribution is 2.41. The molecule has 14 heteroatoms. The van der Waals surface area contributed by atoms with Crippen LogP contribution in [0.2, 0.25) is 0 Å². The van der Waals surface area contributed by atoms with E-state index >= 15 is 0 Å². The van der Waals surface area contributed by atoms with Gasteiger partial charge in [-0.1, -0.05) is 6.07 Å². The summed E-state index contributed by atoms with van der Waals surface area (Å²) in [7, 11) is -4.03. The number of anilines is 1. The molecule has 1 fully saturated rings. The maximum Gasteiger partial charge on any atom is 0.407 e. The van der Waals surface area contributed by atoms with Gasteiger partial charge in [-0.05, 0) is 84.6 Å². The molecule has 238 valence electrons. The molecule has 0 unspecified atom stereocenters. The van der Waals surface area contributed by atoms with Gasteiger partial charge < -0.3 is 20.6 Å². The molecular weight excluding hydrogens is 607 g/mol. The summed E-state index contributed by atoms with van der Waals surface area (Å²) in [6, 6.07) is 6.53. The highest BCUT2D eigenvalue weighted by molar-refractivity contribution is 7.89. The van der Waals surface area contributed by atoms with E-state index in [9.17, 15) is 27.5 Å². The fraction of sp³-hybridized carbons (Fsp3) is 0.467. The molecule has 4 N–H and O–H groups in total. The molecule has 1 saturated carbocycles. The molecule has 2 aromatic heterocycles. The Morgan fingerprint density at radius 1 is 1.14 bits per heavy atom. The average molecular weight is 647 g/mol. The second kappa shape index (κ2) is 13.6. The number of amides is 3. The number of hydrogen-bond acceptors (Lipinski definition) is 7. The zero-order chi connectivity index (χ0) is 32.2. The topological polar surface area (TPSA) is 154 Å². The predicted octanol–water partition coefficient (Wildman–Crippen LogP) is 6.16. The van der Waals surface area contributed by atoms with Gasteiger partial charge in [-0.25, -0.2) is 32.1 Å². The minimum atomic E-state index is -4.03. The Labute approximate surface area is 261 Å². The number of nitrogens with zero attached hydrogens (tertiary/aromatic N) is 3. The van der Waals surface area contributed by atoms with Crippen molar-refractivity contribution in [2.24, 2.45) is 0 Å². The molecule has 1 aromatic carbocycles. The first-order chi connectivity index (χ1) is 20.6. The van der Waals surface area contributed by atoms with Crippen LogP contribution in [0.1, 0.15) is 76.9 Å². The third kappa shape index (κ3) is 8.30. The Hall–Kier alpha value is -3.62. The number of hydrogen-bond donors (Lipinski definition) is 4. The van der Waals surface area contributed by atoms with E-state index in [4.69, 9.17) is 0 Å². The summed E-state index contributed by atoms with van der Waals surface area (Å²) >= 11 is 1.41. The molecule has 0 bridgehead atoms. The summed E-state index contributed by atoms with van der Waals surface area (Å²) < 4.78 is 43.7. The average Bonchev–Trinajstić information content (AvgIpc) is 3.42. The zero-order valence-corrected chi connectivity index (χ0v) is 27.1. The SMILES string of the molecule is CC(C)N(C(=O)O)[C@H]1CC[C@H](c2ncc(-c3ccc(NC(=O)NCc4ncccc4F)cc3S(=O)(=O)NC(C)(C)C)s2)CC1. The van der Waals surface area contributed by atoms with Crippen LogP contribution in [0.4, 0.5) is 19.7 Å². The molecule has 0 saturated heterocycles. The maximum atomic E-state index is 13.9. The number of aromatic nitrogens is 2. The molecule has 1 aliphatic carbocycles. The van der Waals surface area contributed by atoms with Crippen molar-refractivity contribution in [1.82, 2.24) is 24.9 Å². The molecule has 0 spiro atoms. The number of sulfonamides is 1. The lowest BCUT2D eigenvalue weighted by Crippen LogP contribution is -2.45. The van der Waals surface area contributed by atoms with Crippen LogP contribution in [0, 0.1) is 5.82 Å². The van der Waals surface area contributed by atoms with Crippen LogP contribution in [0.5, 0.6) is 0 Å². The lowest BCUT2D eigenvalue weighted by molar-refractivity contribution is 0.0906. The number of carbonyl (C=O) groups excluding carboxylic acids is 1. The fourth-order valence-electron chi connectivity index (χ4n) is 5.37. The fourth-order valence-corrected chi connectivity index (χ4v) is 8.23. The van der Waals surface area contributed by atoms with Gasteiger partial charge >= 0.3 is 12.1 Å². The van der Waals surface area contributed by atoms with Gasteiger partial charge in [0, 0.05) is 47.2 Å². The van der Waals surface area contributed by atoms with Gasteiger partial charge in [-0.2, -0.15) is 0 Å². The van der Waals surface area contributed by atoms with E-state index in [1.54, 1.807) is 39.1 Å². The van der Waals surface area contributed by atoms with E-state index in [0.717, 1.165) is 30.7 Å². The first kappa shape index (κ1) is 33.3. The highest BCUT2D eigenvalue weighted by atomic mass is 32.2. The zero-order valence-electron chi connectivity index (χ0n) is 25.4. The molecular formula is C30H39FN6O5S2. The van der Waals surface area contributed by atoms with Crippen molar-refractivity contribution in [2.75, 3.05) is 5.32 Å². The van der Waals surface area contributed by atoms with E-state index < -0.39 is 33.5 Å². The third-order valence-electron chi connectivity index (χ3n) is 7.23. The standard InChI is InChI=1S/C30H39FN6O5S2/c1-18(2)37(29(39)40)21-11-8-19(9-12-21)27-33-17-25(43-27)22-13-10-20(15-26(22)44(41,42)36-30(3,4)5)35-28(38)34-16-24-23(31)7-6-14-32-24/h6-7,10,13-15,17-19,21,36H,8-9,11-12,16H2,1-5H3,(H,39,40)(H2,34,35,38)/t19-,21-. The molecule has 1 aliphatic rings. The van der Waals surface area contributed by atoms with Gasteiger partial charge in [-0.15, -0.1) is 11.3 Å². The van der Waals surface area contributed by atoms with Gasteiger partial charge in [-0.3, -0.25) is 4.98 Å². The van der Waals surface area contributed by atoms with Gasteiger partial charge in [0.15, 0.2) is 0 Å². The third-order valence-corrected chi connectivity index (χ3v) is 10.2. The summed E-state index contributed by atoms with van der Waals surface area (Å²) in [5.41, 5.74) is -0.0129. The number of halogens is 1. The monoisotopic (exact) mass is 646 g/mol. The number of pyridine rings is 1. The van der Waals surface area contributed by atoms with E-state index in [0.29, 0.717) is 10.4 Å². The number of benzene rings is 1. The van der Waals surface area contributed by atoms with Crippen molar-refractivity contribution in [3.8, 4) is 10.4 Å². The number of carboxylic acid groups (broad SMARTS) is 1. The van der Waals surface area contributed by atoms with Crippen molar-refractivity contribution in [1.29, 1.82) is 0 Å². The van der Waals surface area contributed by atoms with Crippen molar-refractivity contribution in [3.05, 3.63) is 59.2 Å². The largest absolute Gasteiger partial charge is 0.465 e. The second-order valence-electron chi connectivity index (χ2n) is 12.2. The smallest absolute Gasteiger partial charge is 0.407 e. The summed E-state index contributed by atoms with van der Waals surface area (Å²) in [6.45, 7) is 8.83. The lowest BCUT2D eigenvalue weighted by atomic mass is 9.85. The number of rotatable bonds is 9. The highest BCUT2D eigenvalue weighted by Gasteiger charge is 2.32. The van der Waals surface area contributed by atoms with Crippen molar-refractivity contribution >= 4 is 39.2 Å².